The number of ether oxygens (including phenoxy) is 2. The van der Waals surface area contributed by atoms with Gasteiger partial charge in [0.1, 0.15) is 12.4 Å². The van der Waals surface area contributed by atoms with Crippen molar-refractivity contribution in [3.05, 3.63) is 29.8 Å². The van der Waals surface area contributed by atoms with Crippen molar-refractivity contribution < 1.29 is 9.47 Å². The second kappa shape index (κ2) is 7.25. The first-order valence-corrected chi connectivity index (χ1v) is 8.09. The minimum absolute atomic E-state index is 0.280. The highest BCUT2D eigenvalue weighted by molar-refractivity contribution is 5.27. The normalized spacial score (nSPS) is 26.3. The van der Waals surface area contributed by atoms with Gasteiger partial charge in [-0.25, -0.2) is 0 Å². The molecule has 4 heteroatoms. The number of hydrogen-bond acceptors (Lipinski definition) is 4. The first-order valence-electron chi connectivity index (χ1n) is 8.09. The molecule has 0 radical (unpaired) electrons. The quantitative estimate of drug-likeness (QED) is 0.871. The standard InChI is InChI=1S/C17H26N2O2/c18-10-15-7-8-19(12-15)11-14-3-5-16(6-4-14)21-13-17-2-1-9-20-17/h3-6,15,17H,1-2,7-13,18H2. The Labute approximate surface area is 127 Å². The summed E-state index contributed by atoms with van der Waals surface area (Å²) in [7, 11) is 0. The Hall–Kier alpha value is -1.10. The van der Waals surface area contributed by atoms with Gasteiger partial charge in [-0.2, -0.15) is 0 Å². The van der Waals surface area contributed by atoms with Gasteiger partial charge in [0, 0.05) is 19.7 Å². The summed E-state index contributed by atoms with van der Waals surface area (Å²) in [5.41, 5.74) is 7.09. The highest BCUT2D eigenvalue weighted by atomic mass is 16.5. The molecule has 0 aliphatic carbocycles. The average Bonchev–Trinajstić information content (AvgIpc) is 3.18. The lowest BCUT2D eigenvalue weighted by Gasteiger charge is -2.16. The number of hydrogen-bond donors (Lipinski definition) is 1. The van der Waals surface area contributed by atoms with Gasteiger partial charge in [-0.3, -0.25) is 4.90 Å². The van der Waals surface area contributed by atoms with E-state index in [2.05, 4.69) is 29.2 Å². The van der Waals surface area contributed by atoms with Crippen LogP contribution in [0.4, 0.5) is 0 Å². The van der Waals surface area contributed by atoms with Crippen molar-refractivity contribution in [3.8, 4) is 5.75 Å². The van der Waals surface area contributed by atoms with Crippen LogP contribution >= 0.6 is 0 Å². The third-order valence-electron chi connectivity index (χ3n) is 4.49. The summed E-state index contributed by atoms with van der Waals surface area (Å²) in [6, 6.07) is 8.47. The Morgan fingerprint density at radius 3 is 2.76 bits per heavy atom. The molecule has 3 rings (SSSR count). The Balaban J connectivity index is 1.45. The Morgan fingerprint density at radius 1 is 1.24 bits per heavy atom. The Kier molecular flexibility index (Phi) is 5.12. The minimum Gasteiger partial charge on any atom is -0.491 e. The second-order valence-electron chi connectivity index (χ2n) is 6.22. The molecule has 2 aliphatic rings. The fourth-order valence-electron chi connectivity index (χ4n) is 3.16. The fourth-order valence-corrected chi connectivity index (χ4v) is 3.16. The maximum Gasteiger partial charge on any atom is 0.119 e. The fraction of sp³-hybridized carbons (Fsp3) is 0.647. The van der Waals surface area contributed by atoms with Crippen molar-refractivity contribution >= 4 is 0 Å². The van der Waals surface area contributed by atoms with Gasteiger partial charge < -0.3 is 15.2 Å². The van der Waals surface area contributed by atoms with Crippen molar-refractivity contribution in [3.63, 3.8) is 0 Å². The van der Waals surface area contributed by atoms with E-state index in [1.807, 2.05) is 0 Å². The summed E-state index contributed by atoms with van der Waals surface area (Å²) < 4.78 is 11.4. The number of nitrogens with zero attached hydrogens (tertiary/aromatic N) is 1. The topological polar surface area (TPSA) is 47.7 Å². The van der Waals surface area contributed by atoms with Crippen LogP contribution in [0.15, 0.2) is 24.3 Å². The monoisotopic (exact) mass is 290 g/mol. The van der Waals surface area contributed by atoms with Crippen LogP contribution in [0, 0.1) is 5.92 Å². The summed E-state index contributed by atoms with van der Waals surface area (Å²) in [6.45, 7) is 5.68. The molecule has 2 aliphatic heterocycles. The smallest absolute Gasteiger partial charge is 0.119 e. The van der Waals surface area contributed by atoms with Crippen molar-refractivity contribution in [2.24, 2.45) is 11.7 Å². The zero-order valence-electron chi connectivity index (χ0n) is 12.7. The lowest BCUT2D eigenvalue weighted by Crippen LogP contribution is -2.22. The first kappa shape index (κ1) is 14.8. The van der Waals surface area contributed by atoms with E-state index in [0.717, 1.165) is 44.8 Å². The van der Waals surface area contributed by atoms with E-state index >= 15 is 0 Å². The molecule has 0 aromatic heterocycles. The number of likely N-dealkylation sites (tertiary alicyclic amines) is 1. The molecule has 116 valence electrons. The lowest BCUT2D eigenvalue weighted by molar-refractivity contribution is 0.0679. The van der Waals surface area contributed by atoms with Crippen molar-refractivity contribution in [1.29, 1.82) is 0 Å². The van der Waals surface area contributed by atoms with Gasteiger partial charge in [0.2, 0.25) is 0 Å². The van der Waals surface area contributed by atoms with Crippen LogP contribution in [0.1, 0.15) is 24.8 Å². The summed E-state index contributed by atoms with van der Waals surface area (Å²) in [4.78, 5) is 2.49. The van der Waals surface area contributed by atoms with E-state index in [1.54, 1.807) is 0 Å². The van der Waals surface area contributed by atoms with E-state index in [9.17, 15) is 0 Å². The van der Waals surface area contributed by atoms with Gasteiger partial charge in [0.15, 0.2) is 0 Å². The van der Waals surface area contributed by atoms with Crippen LogP contribution in [0.25, 0.3) is 0 Å². The van der Waals surface area contributed by atoms with Gasteiger partial charge in [0.25, 0.3) is 0 Å². The molecule has 2 fully saturated rings. The molecule has 1 aromatic carbocycles. The molecule has 1 aromatic rings. The highest BCUT2D eigenvalue weighted by Crippen LogP contribution is 2.20. The summed E-state index contributed by atoms with van der Waals surface area (Å²) in [6.07, 6.45) is 3.79. The van der Waals surface area contributed by atoms with Crippen molar-refractivity contribution in [2.75, 3.05) is 32.8 Å². The zero-order chi connectivity index (χ0) is 14.5. The molecule has 2 N–H and O–H groups in total. The molecule has 4 nitrogen and oxygen atoms in total. The molecule has 2 atom stereocenters. The van der Waals surface area contributed by atoms with Gasteiger partial charge in [-0.05, 0) is 56.0 Å². The van der Waals surface area contributed by atoms with Crippen LogP contribution in [-0.4, -0.2) is 43.9 Å². The molecular formula is C17H26N2O2. The van der Waals surface area contributed by atoms with Crippen LogP contribution in [0.2, 0.25) is 0 Å². The van der Waals surface area contributed by atoms with Gasteiger partial charge in [0.05, 0.1) is 6.10 Å². The molecular weight excluding hydrogens is 264 g/mol. The van der Waals surface area contributed by atoms with Crippen molar-refractivity contribution in [1.82, 2.24) is 4.90 Å². The molecule has 2 saturated heterocycles. The van der Waals surface area contributed by atoms with E-state index in [1.165, 1.54) is 18.5 Å². The van der Waals surface area contributed by atoms with E-state index in [4.69, 9.17) is 15.2 Å². The van der Waals surface area contributed by atoms with Gasteiger partial charge in [-0.1, -0.05) is 12.1 Å². The van der Waals surface area contributed by atoms with Gasteiger partial charge in [-0.15, -0.1) is 0 Å². The van der Waals surface area contributed by atoms with Crippen LogP contribution < -0.4 is 10.5 Å². The molecule has 2 heterocycles. The van der Waals surface area contributed by atoms with E-state index < -0.39 is 0 Å². The molecule has 2 unspecified atom stereocenters. The predicted molar refractivity (Wildman–Crippen MR) is 83.3 cm³/mol. The van der Waals surface area contributed by atoms with Crippen LogP contribution in [0.3, 0.4) is 0 Å². The zero-order valence-corrected chi connectivity index (χ0v) is 12.7. The molecule has 0 bridgehead atoms. The van der Waals surface area contributed by atoms with Crippen LogP contribution in [0.5, 0.6) is 5.75 Å². The number of nitrogens with two attached hydrogens (primary N) is 1. The molecule has 21 heavy (non-hydrogen) atoms. The minimum atomic E-state index is 0.280. The second-order valence-corrected chi connectivity index (χ2v) is 6.22. The highest BCUT2D eigenvalue weighted by Gasteiger charge is 2.21. The third-order valence-corrected chi connectivity index (χ3v) is 4.49. The Morgan fingerprint density at radius 2 is 2.10 bits per heavy atom. The van der Waals surface area contributed by atoms with Crippen LogP contribution in [-0.2, 0) is 11.3 Å². The SMILES string of the molecule is NCC1CCN(Cc2ccc(OCC3CCCO3)cc2)C1. The summed E-state index contributed by atoms with van der Waals surface area (Å²) >= 11 is 0. The lowest BCUT2D eigenvalue weighted by atomic mass is 10.1. The molecule has 0 saturated carbocycles. The largest absolute Gasteiger partial charge is 0.491 e. The van der Waals surface area contributed by atoms with Crippen molar-refractivity contribution in [2.45, 2.75) is 31.9 Å². The summed E-state index contributed by atoms with van der Waals surface area (Å²) in [5.74, 6) is 1.62. The van der Waals surface area contributed by atoms with Gasteiger partial charge >= 0.3 is 0 Å². The predicted octanol–water partition coefficient (Wildman–Crippen LogP) is 2.02. The number of rotatable bonds is 6. The third kappa shape index (κ3) is 4.19. The van der Waals surface area contributed by atoms with E-state index in [0.29, 0.717) is 12.5 Å². The van der Waals surface area contributed by atoms with E-state index in [-0.39, 0.29) is 6.10 Å². The summed E-state index contributed by atoms with van der Waals surface area (Å²) in [5, 5.41) is 0. The maximum absolute atomic E-state index is 5.79. The molecule has 0 amide bonds. The average molecular weight is 290 g/mol. The maximum atomic E-state index is 5.79. The Bertz CT molecular complexity index is 429. The number of benzene rings is 1. The first-order chi connectivity index (χ1) is 10.3. The molecule has 0 spiro atoms.